The maximum Gasteiger partial charge on any atom is 0.228 e. The normalized spacial score (nSPS) is 16.3. The number of aromatic nitrogens is 2. The second kappa shape index (κ2) is 7.38. The van der Waals surface area contributed by atoms with Crippen molar-refractivity contribution < 1.29 is 14.3 Å². The zero-order valence-electron chi connectivity index (χ0n) is 14.1. The molecular weight excluding hydrogens is 306 g/mol. The van der Waals surface area contributed by atoms with E-state index in [1.165, 1.54) is 0 Å². The minimum absolute atomic E-state index is 0.0239. The third-order valence-electron chi connectivity index (χ3n) is 4.13. The highest BCUT2D eigenvalue weighted by Crippen LogP contribution is 2.31. The Morgan fingerprint density at radius 1 is 1.29 bits per heavy atom. The molecule has 6 heteroatoms. The third-order valence-corrected chi connectivity index (χ3v) is 4.13. The number of ether oxygens (including phenoxy) is 2. The molecule has 1 amide bonds. The van der Waals surface area contributed by atoms with Crippen LogP contribution < -0.4 is 14.8 Å². The van der Waals surface area contributed by atoms with Crippen LogP contribution in [0.15, 0.2) is 30.6 Å². The number of benzene rings is 1. The molecule has 0 spiro atoms. The topological polar surface area (TPSA) is 65.4 Å². The van der Waals surface area contributed by atoms with Crippen LogP contribution in [-0.2, 0) is 17.8 Å². The predicted octanol–water partition coefficient (Wildman–Crippen LogP) is 2.88. The molecule has 2 aromatic rings. The van der Waals surface area contributed by atoms with Crippen LogP contribution >= 0.6 is 0 Å². The Morgan fingerprint density at radius 2 is 2.08 bits per heavy atom. The lowest BCUT2D eigenvalue weighted by Crippen LogP contribution is -2.30. The van der Waals surface area contributed by atoms with E-state index in [0.717, 1.165) is 24.5 Å². The molecule has 2 heterocycles. The molecule has 0 radical (unpaired) electrons. The number of imidazole rings is 1. The number of aryl methyl sites for hydroxylation is 1. The number of fused-ring (bicyclic) bond motifs is 1. The van der Waals surface area contributed by atoms with Gasteiger partial charge < -0.3 is 19.4 Å². The van der Waals surface area contributed by atoms with Crippen LogP contribution in [0.3, 0.4) is 0 Å². The maximum atomic E-state index is 12.6. The van der Waals surface area contributed by atoms with E-state index >= 15 is 0 Å². The average Bonchev–Trinajstić information content (AvgIpc) is 3.05. The maximum absolute atomic E-state index is 12.6. The summed E-state index contributed by atoms with van der Waals surface area (Å²) in [7, 11) is 0. The number of nitrogens with one attached hydrogen (secondary N) is 1. The van der Waals surface area contributed by atoms with E-state index in [1.807, 2.05) is 38.2 Å². The molecule has 0 saturated carbocycles. The number of carbonyl (C=O) groups excluding carboxylic acids is 1. The van der Waals surface area contributed by atoms with Gasteiger partial charge in [0.2, 0.25) is 5.91 Å². The third kappa shape index (κ3) is 3.53. The highest BCUT2D eigenvalue weighted by Gasteiger charge is 2.25. The van der Waals surface area contributed by atoms with E-state index in [1.54, 1.807) is 6.20 Å². The van der Waals surface area contributed by atoms with E-state index in [2.05, 4.69) is 14.9 Å². The molecule has 24 heavy (non-hydrogen) atoms. The van der Waals surface area contributed by atoms with E-state index in [0.29, 0.717) is 31.1 Å². The molecule has 1 aromatic carbocycles. The van der Waals surface area contributed by atoms with Crippen LogP contribution in [0, 0.1) is 5.92 Å². The van der Waals surface area contributed by atoms with E-state index in [4.69, 9.17) is 9.47 Å². The molecular formula is C18H23N3O3. The molecule has 1 aliphatic rings. The molecule has 0 saturated heterocycles. The van der Waals surface area contributed by atoms with Crippen molar-refractivity contribution in [2.75, 3.05) is 18.5 Å². The molecule has 1 N–H and O–H groups in total. The Morgan fingerprint density at radius 3 is 2.88 bits per heavy atom. The number of carbonyl (C=O) groups is 1. The Hall–Kier alpha value is -2.50. The van der Waals surface area contributed by atoms with Gasteiger partial charge in [0, 0.05) is 43.0 Å². The van der Waals surface area contributed by atoms with Crippen LogP contribution in [0.4, 0.5) is 5.69 Å². The van der Waals surface area contributed by atoms with Crippen LogP contribution in [0.2, 0.25) is 0 Å². The smallest absolute Gasteiger partial charge is 0.228 e. The number of nitrogens with zero attached hydrogens (tertiary/aromatic N) is 2. The molecule has 1 atom stereocenters. The van der Waals surface area contributed by atoms with Gasteiger partial charge in [0.05, 0.1) is 13.2 Å². The summed E-state index contributed by atoms with van der Waals surface area (Å²) in [5, 5.41) is 2.99. The Kier molecular flexibility index (Phi) is 5.03. The second-order valence-electron chi connectivity index (χ2n) is 5.74. The quantitative estimate of drug-likeness (QED) is 0.885. The first-order valence-corrected chi connectivity index (χ1v) is 8.41. The second-order valence-corrected chi connectivity index (χ2v) is 5.74. The van der Waals surface area contributed by atoms with Crippen molar-refractivity contribution in [3.8, 4) is 11.5 Å². The fraction of sp³-hybridized carbons (Fsp3) is 0.444. The fourth-order valence-electron chi connectivity index (χ4n) is 2.95. The minimum Gasteiger partial charge on any atom is -0.490 e. The predicted molar refractivity (Wildman–Crippen MR) is 91.4 cm³/mol. The van der Waals surface area contributed by atoms with Crippen molar-refractivity contribution in [2.24, 2.45) is 5.92 Å². The Labute approximate surface area is 141 Å². The number of anilines is 1. The van der Waals surface area contributed by atoms with Gasteiger partial charge >= 0.3 is 0 Å². The van der Waals surface area contributed by atoms with Gasteiger partial charge in [-0.3, -0.25) is 4.79 Å². The lowest BCUT2D eigenvalue weighted by Gasteiger charge is -2.22. The summed E-state index contributed by atoms with van der Waals surface area (Å²) in [5.74, 6) is 2.29. The number of rotatable bonds is 6. The molecule has 0 fully saturated rings. The lowest BCUT2D eigenvalue weighted by molar-refractivity contribution is -0.120. The van der Waals surface area contributed by atoms with Crippen molar-refractivity contribution >= 4 is 11.6 Å². The molecule has 1 unspecified atom stereocenters. The van der Waals surface area contributed by atoms with Crippen molar-refractivity contribution in [3.63, 3.8) is 0 Å². The lowest BCUT2D eigenvalue weighted by atomic mass is 9.97. The number of hydrogen-bond acceptors (Lipinski definition) is 4. The van der Waals surface area contributed by atoms with Gasteiger partial charge in [0.1, 0.15) is 5.82 Å². The SMILES string of the molecule is CCOc1ccc(NC(=O)C2CCn3ccnc3C2)cc1OCC. The summed E-state index contributed by atoms with van der Waals surface area (Å²) in [6, 6.07) is 5.49. The van der Waals surface area contributed by atoms with Crippen molar-refractivity contribution in [3.05, 3.63) is 36.4 Å². The minimum atomic E-state index is -0.0537. The van der Waals surface area contributed by atoms with Crippen LogP contribution in [0.1, 0.15) is 26.1 Å². The summed E-state index contributed by atoms with van der Waals surface area (Å²) in [6.07, 6.45) is 5.25. The van der Waals surface area contributed by atoms with Crippen molar-refractivity contribution in [1.29, 1.82) is 0 Å². The van der Waals surface area contributed by atoms with E-state index in [-0.39, 0.29) is 11.8 Å². The van der Waals surface area contributed by atoms with Crippen LogP contribution in [0.25, 0.3) is 0 Å². The summed E-state index contributed by atoms with van der Waals surface area (Å²) >= 11 is 0. The molecule has 0 bridgehead atoms. The number of amides is 1. The van der Waals surface area contributed by atoms with Gasteiger partial charge in [0.15, 0.2) is 11.5 Å². The van der Waals surface area contributed by atoms with Gasteiger partial charge in [0.25, 0.3) is 0 Å². The first-order valence-electron chi connectivity index (χ1n) is 8.41. The van der Waals surface area contributed by atoms with E-state index < -0.39 is 0 Å². The van der Waals surface area contributed by atoms with E-state index in [9.17, 15) is 4.79 Å². The molecule has 3 rings (SSSR count). The first kappa shape index (κ1) is 16.4. The van der Waals surface area contributed by atoms with Gasteiger partial charge in [-0.25, -0.2) is 4.98 Å². The fourth-order valence-corrected chi connectivity index (χ4v) is 2.95. The van der Waals surface area contributed by atoms with Crippen LogP contribution in [-0.4, -0.2) is 28.7 Å². The first-order chi connectivity index (χ1) is 11.7. The molecule has 1 aromatic heterocycles. The summed E-state index contributed by atoms with van der Waals surface area (Å²) in [6.45, 7) is 5.80. The summed E-state index contributed by atoms with van der Waals surface area (Å²) in [5.41, 5.74) is 0.723. The van der Waals surface area contributed by atoms with Crippen molar-refractivity contribution in [2.45, 2.75) is 33.2 Å². The van der Waals surface area contributed by atoms with Gasteiger partial charge in [-0.1, -0.05) is 0 Å². The van der Waals surface area contributed by atoms with Crippen molar-refractivity contribution in [1.82, 2.24) is 9.55 Å². The highest BCUT2D eigenvalue weighted by atomic mass is 16.5. The van der Waals surface area contributed by atoms with Gasteiger partial charge in [-0.05, 0) is 32.4 Å². The molecule has 0 aliphatic carbocycles. The molecule has 128 valence electrons. The molecule has 6 nitrogen and oxygen atoms in total. The molecule has 1 aliphatic heterocycles. The Bertz CT molecular complexity index is 711. The van der Waals surface area contributed by atoms with Gasteiger partial charge in [-0.15, -0.1) is 0 Å². The Balaban J connectivity index is 1.69. The standard InChI is InChI=1S/C18H23N3O3/c1-3-23-15-6-5-14(12-16(15)24-4-2)20-18(22)13-7-9-21-10-8-19-17(21)11-13/h5-6,8,10,12-13H,3-4,7,9,11H2,1-2H3,(H,20,22). The number of hydrogen-bond donors (Lipinski definition) is 1. The van der Waals surface area contributed by atoms with Gasteiger partial charge in [-0.2, -0.15) is 0 Å². The average molecular weight is 329 g/mol. The zero-order valence-corrected chi connectivity index (χ0v) is 14.1. The monoisotopic (exact) mass is 329 g/mol. The summed E-state index contributed by atoms with van der Waals surface area (Å²) in [4.78, 5) is 16.9. The van der Waals surface area contributed by atoms with Crippen LogP contribution in [0.5, 0.6) is 11.5 Å². The summed E-state index contributed by atoms with van der Waals surface area (Å²) < 4.78 is 13.3. The zero-order chi connectivity index (χ0) is 16.9. The largest absolute Gasteiger partial charge is 0.490 e. The highest BCUT2D eigenvalue weighted by molar-refractivity contribution is 5.93.